The van der Waals surface area contributed by atoms with Crippen molar-refractivity contribution in [1.29, 1.82) is 0 Å². The van der Waals surface area contributed by atoms with Crippen molar-refractivity contribution in [2.45, 2.75) is 57.9 Å². The molecule has 0 bridgehead atoms. The van der Waals surface area contributed by atoms with E-state index in [9.17, 15) is 4.79 Å². The lowest BCUT2D eigenvalue weighted by atomic mass is 9.77. The summed E-state index contributed by atoms with van der Waals surface area (Å²) >= 11 is 0. The third-order valence-electron chi connectivity index (χ3n) is 6.26. The molecule has 22 heavy (non-hydrogen) atoms. The first-order valence-corrected chi connectivity index (χ1v) is 9.31. The van der Waals surface area contributed by atoms with Crippen LogP contribution >= 0.6 is 0 Å². The van der Waals surface area contributed by atoms with E-state index in [1.165, 1.54) is 25.9 Å². The van der Waals surface area contributed by atoms with Gasteiger partial charge in [0.2, 0.25) is 5.91 Å². The van der Waals surface area contributed by atoms with Crippen molar-refractivity contribution < 1.29 is 9.90 Å². The molecule has 3 rings (SSSR count). The van der Waals surface area contributed by atoms with E-state index in [0.29, 0.717) is 23.8 Å². The SMILES string of the molecule is CC1CCN(C2CC(C(=O)N3CCC(CCO)CC3)C2)CC1. The summed E-state index contributed by atoms with van der Waals surface area (Å²) < 4.78 is 0. The fourth-order valence-electron chi connectivity index (χ4n) is 4.36. The summed E-state index contributed by atoms with van der Waals surface area (Å²) in [6.45, 7) is 6.93. The molecule has 1 aliphatic carbocycles. The van der Waals surface area contributed by atoms with Crippen molar-refractivity contribution in [3.63, 3.8) is 0 Å². The third kappa shape index (κ3) is 3.65. The second-order valence-corrected chi connectivity index (χ2v) is 7.82. The summed E-state index contributed by atoms with van der Waals surface area (Å²) in [5.74, 6) is 2.20. The maximum Gasteiger partial charge on any atom is 0.225 e. The molecule has 126 valence electrons. The van der Waals surface area contributed by atoms with E-state index in [1.54, 1.807) is 0 Å². The van der Waals surface area contributed by atoms with Gasteiger partial charge in [0, 0.05) is 31.7 Å². The Balaban J connectivity index is 1.38. The molecule has 0 atom stereocenters. The fourth-order valence-corrected chi connectivity index (χ4v) is 4.36. The van der Waals surface area contributed by atoms with Gasteiger partial charge in [-0.15, -0.1) is 0 Å². The number of piperidine rings is 2. The minimum Gasteiger partial charge on any atom is -0.396 e. The molecule has 1 saturated carbocycles. The normalized spacial score (nSPS) is 32.0. The van der Waals surface area contributed by atoms with Crippen LogP contribution in [0.15, 0.2) is 0 Å². The Morgan fingerprint density at radius 3 is 2.27 bits per heavy atom. The van der Waals surface area contributed by atoms with Gasteiger partial charge in [-0.25, -0.2) is 0 Å². The molecule has 0 radical (unpaired) electrons. The number of likely N-dealkylation sites (tertiary alicyclic amines) is 2. The van der Waals surface area contributed by atoms with Crippen LogP contribution in [0.1, 0.15) is 51.9 Å². The maximum atomic E-state index is 12.6. The van der Waals surface area contributed by atoms with E-state index in [0.717, 1.165) is 51.1 Å². The van der Waals surface area contributed by atoms with Crippen molar-refractivity contribution in [1.82, 2.24) is 9.80 Å². The van der Waals surface area contributed by atoms with Crippen LogP contribution in [0.3, 0.4) is 0 Å². The minimum atomic E-state index is 0.289. The molecule has 4 heteroatoms. The molecular weight excluding hydrogens is 276 g/mol. The van der Waals surface area contributed by atoms with E-state index in [2.05, 4.69) is 16.7 Å². The molecule has 0 spiro atoms. The van der Waals surface area contributed by atoms with Gasteiger partial charge in [-0.2, -0.15) is 0 Å². The smallest absolute Gasteiger partial charge is 0.225 e. The Morgan fingerprint density at radius 2 is 1.68 bits per heavy atom. The van der Waals surface area contributed by atoms with Crippen LogP contribution in [-0.2, 0) is 4.79 Å². The van der Waals surface area contributed by atoms with Crippen LogP contribution in [0.25, 0.3) is 0 Å². The third-order valence-corrected chi connectivity index (χ3v) is 6.26. The minimum absolute atomic E-state index is 0.289. The molecule has 0 aromatic carbocycles. The predicted octanol–water partition coefficient (Wildman–Crippen LogP) is 2.12. The molecule has 0 aromatic heterocycles. The van der Waals surface area contributed by atoms with Gasteiger partial charge < -0.3 is 14.9 Å². The van der Waals surface area contributed by atoms with Gasteiger partial charge in [0.15, 0.2) is 0 Å². The summed E-state index contributed by atoms with van der Waals surface area (Å²) in [5.41, 5.74) is 0. The molecule has 1 N–H and O–H groups in total. The standard InChI is InChI=1S/C18H32N2O2/c1-14-2-7-19(8-3-14)17-12-16(13-17)18(22)20-9-4-15(5-10-20)6-11-21/h14-17,21H,2-13H2,1H3. The van der Waals surface area contributed by atoms with E-state index in [-0.39, 0.29) is 6.61 Å². The van der Waals surface area contributed by atoms with Gasteiger partial charge in [0.05, 0.1) is 0 Å². The highest BCUT2D eigenvalue weighted by Crippen LogP contribution is 2.36. The molecular formula is C18H32N2O2. The average Bonchev–Trinajstić information content (AvgIpc) is 2.49. The zero-order valence-electron chi connectivity index (χ0n) is 14.0. The second-order valence-electron chi connectivity index (χ2n) is 7.82. The van der Waals surface area contributed by atoms with Crippen molar-refractivity contribution >= 4 is 5.91 Å². The van der Waals surface area contributed by atoms with Gasteiger partial charge in [-0.05, 0) is 69.9 Å². The zero-order valence-corrected chi connectivity index (χ0v) is 14.0. The van der Waals surface area contributed by atoms with E-state index < -0.39 is 0 Å². The monoisotopic (exact) mass is 308 g/mol. The molecule has 1 amide bonds. The number of amides is 1. The van der Waals surface area contributed by atoms with Gasteiger partial charge in [0.1, 0.15) is 0 Å². The molecule has 2 saturated heterocycles. The molecule has 3 fully saturated rings. The number of hydrogen-bond acceptors (Lipinski definition) is 3. The van der Waals surface area contributed by atoms with E-state index in [4.69, 9.17) is 5.11 Å². The Labute approximate surface area is 134 Å². The lowest BCUT2D eigenvalue weighted by Gasteiger charge is -2.46. The predicted molar refractivity (Wildman–Crippen MR) is 87.5 cm³/mol. The molecule has 2 heterocycles. The lowest BCUT2D eigenvalue weighted by molar-refractivity contribution is -0.142. The summed E-state index contributed by atoms with van der Waals surface area (Å²) in [6, 6.07) is 0.674. The Kier molecular flexibility index (Phi) is 5.40. The van der Waals surface area contributed by atoms with Gasteiger partial charge in [0.25, 0.3) is 0 Å². The quantitative estimate of drug-likeness (QED) is 0.865. The summed E-state index contributed by atoms with van der Waals surface area (Å²) in [7, 11) is 0. The van der Waals surface area contributed by atoms with Crippen LogP contribution in [0, 0.1) is 17.8 Å². The number of hydrogen-bond donors (Lipinski definition) is 1. The second kappa shape index (κ2) is 7.31. The lowest BCUT2D eigenvalue weighted by Crippen LogP contribution is -2.53. The highest BCUT2D eigenvalue weighted by atomic mass is 16.3. The van der Waals surface area contributed by atoms with Crippen LogP contribution in [-0.4, -0.2) is 59.6 Å². The summed E-state index contributed by atoms with van der Waals surface area (Å²) in [6.07, 6.45) is 7.88. The maximum absolute atomic E-state index is 12.6. The van der Waals surface area contributed by atoms with E-state index >= 15 is 0 Å². The Bertz CT molecular complexity index is 365. The van der Waals surface area contributed by atoms with Crippen LogP contribution in [0.2, 0.25) is 0 Å². The molecule has 2 aliphatic heterocycles. The van der Waals surface area contributed by atoms with Crippen molar-refractivity contribution in [2.75, 3.05) is 32.8 Å². The first-order chi connectivity index (χ1) is 10.7. The fraction of sp³-hybridized carbons (Fsp3) is 0.944. The molecule has 0 aromatic rings. The number of nitrogens with zero attached hydrogens (tertiary/aromatic N) is 2. The molecule has 3 aliphatic rings. The van der Waals surface area contributed by atoms with Crippen molar-refractivity contribution in [3.8, 4) is 0 Å². The van der Waals surface area contributed by atoms with Crippen LogP contribution in [0.4, 0.5) is 0 Å². The van der Waals surface area contributed by atoms with E-state index in [1.807, 2.05) is 0 Å². The number of aliphatic hydroxyl groups is 1. The van der Waals surface area contributed by atoms with Gasteiger partial charge in [-0.3, -0.25) is 4.79 Å². The number of rotatable bonds is 4. The highest BCUT2D eigenvalue weighted by Gasteiger charge is 2.40. The summed E-state index contributed by atoms with van der Waals surface area (Å²) in [5, 5.41) is 9.01. The molecule has 4 nitrogen and oxygen atoms in total. The highest BCUT2D eigenvalue weighted by molar-refractivity contribution is 5.80. The van der Waals surface area contributed by atoms with Crippen molar-refractivity contribution in [2.24, 2.45) is 17.8 Å². The number of carbonyl (C=O) groups excluding carboxylic acids is 1. The van der Waals surface area contributed by atoms with Gasteiger partial charge in [-0.1, -0.05) is 6.92 Å². The van der Waals surface area contributed by atoms with Crippen molar-refractivity contribution in [3.05, 3.63) is 0 Å². The first kappa shape index (κ1) is 16.3. The zero-order chi connectivity index (χ0) is 15.5. The van der Waals surface area contributed by atoms with Gasteiger partial charge >= 0.3 is 0 Å². The summed E-state index contributed by atoms with van der Waals surface area (Å²) in [4.78, 5) is 17.3. The van der Waals surface area contributed by atoms with Crippen LogP contribution in [0.5, 0.6) is 0 Å². The Hall–Kier alpha value is -0.610. The number of aliphatic hydroxyl groups excluding tert-OH is 1. The largest absolute Gasteiger partial charge is 0.396 e. The Morgan fingerprint density at radius 1 is 1.05 bits per heavy atom. The first-order valence-electron chi connectivity index (χ1n) is 9.31. The molecule has 0 unspecified atom stereocenters. The number of carbonyl (C=O) groups is 1. The topological polar surface area (TPSA) is 43.8 Å². The average molecular weight is 308 g/mol. The van der Waals surface area contributed by atoms with Crippen LogP contribution < -0.4 is 0 Å².